The third-order valence-electron chi connectivity index (χ3n) is 3.81. The van der Waals surface area contributed by atoms with E-state index in [9.17, 15) is 25.0 Å². The molecule has 30 heavy (non-hydrogen) atoms. The molecule has 0 aliphatic rings. The van der Waals surface area contributed by atoms with E-state index in [1.807, 2.05) is 0 Å². The van der Waals surface area contributed by atoms with E-state index in [4.69, 9.17) is 28.2 Å². The summed E-state index contributed by atoms with van der Waals surface area (Å²) in [7, 11) is 0. The van der Waals surface area contributed by atoms with E-state index in [2.05, 4.69) is 10.6 Å². The average Bonchev–Trinajstić information content (AvgIpc) is 3.20. The molecule has 0 bridgehead atoms. The SMILES string of the molecule is O=C(NC(=S)Nc1ccc([N+](=O)[O-])cc1Cl)c1ccc(-c2cccc([N+](=O)[O-])c2)o1. The number of halogens is 1. The van der Waals surface area contributed by atoms with E-state index in [-0.39, 0.29) is 38.7 Å². The van der Waals surface area contributed by atoms with Crippen molar-refractivity contribution in [2.45, 2.75) is 0 Å². The molecule has 0 atom stereocenters. The summed E-state index contributed by atoms with van der Waals surface area (Å²) >= 11 is 11.0. The Morgan fingerprint density at radius 2 is 1.70 bits per heavy atom. The van der Waals surface area contributed by atoms with Crippen molar-refractivity contribution < 1.29 is 19.1 Å². The fraction of sp³-hybridized carbons (Fsp3) is 0. The number of anilines is 1. The fourth-order valence-electron chi connectivity index (χ4n) is 2.43. The number of carbonyl (C=O) groups excluding carboxylic acids is 1. The van der Waals surface area contributed by atoms with Crippen molar-refractivity contribution >= 4 is 51.9 Å². The molecule has 0 spiro atoms. The van der Waals surface area contributed by atoms with E-state index in [1.54, 1.807) is 6.07 Å². The minimum atomic E-state index is -0.665. The van der Waals surface area contributed by atoms with Gasteiger partial charge >= 0.3 is 0 Å². The Kier molecular flexibility index (Phi) is 6.04. The molecule has 152 valence electrons. The zero-order valence-electron chi connectivity index (χ0n) is 14.8. The van der Waals surface area contributed by atoms with Gasteiger partial charge < -0.3 is 9.73 Å². The van der Waals surface area contributed by atoms with Crippen LogP contribution in [0.1, 0.15) is 10.6 Å². The second-order valence-corrected chi connectivity index (χ2v) is 6.62. The van der Waals surface area contributed by atoms with Crippen LogP contribution in [-0.2, 0) is 0 Å². The lowest BCUT2D eigenvalue weighted by Crippen LogP contribution is -2.33. The maximum Gasteiger partial charge on any atom is 0.293 e. The zero-order chi connectivity index (χ0) is 21.8. The van der Waals surface area contributed by atoms with Gasteiger partial charge in [-0.2, -0.15) is 0 Å². The molecule has 0 fully saturated rings. The van der Waals surface area contributed by atoms with Gasteiger partial charge in [0.15, 0.2) is 10.9 Å². The monoisotopic (exact) mass is 446 g/mol. The number of furan rings is 1. The number of thiocarbonyl (C=S) groups is 1. The summed E-state index contributed by atoms with van der Waals surface area (Å²) in [6.45, 7) is 0. The van der Waals surface area contributed by atoms with E-state index in [0.717, 1.165) is 6.07 Å². The van der Waals surface area contributed by atoms with E-state index in [1.165, 1.54) is 42.5 Å². The first-order chi connectivity index (χ1) is 14.2. The Morgan fingerprint density at radius 3 is 2.37 bits per heavy atom. The lowest BCUT2D eigenvalue weighted by molar-refractivity contribution is -0.385. The van der Waals surface area contributed by atoms with Crippen LogP contribution in [0.15, 0.2) is 59.0 Å². The molecule has 10 nitrogen and oxygen atoms in total. The molecule has 0 unspecified atom stereocenters. The lowest BCUT2D eigenvalue weighted by atomic mass is 10.1. The number of nitrogens with one attached hydrogen (secondary N) is 2. The van der Waals surface area contributed by atoms with Gasteiger partial charge in [0.1, 0.15) is 5.76 Å². The van der Waals surface area contributed by atoms with Crippen molar-refractivity contribution in [3.8, 4) is 11.3 Å². The normalized spacial score (nSPS) is 10.3. The molecule has 2 N–H and O–H groups in total. The van der Waals surface area contributed by atoms with Crippen molar-refractivity contribution in [1.82, 2.24) is 5.32 Å². The Bertz CT molecular complexity index is 1180. The average molecular weight is 447 g/mol. The minimum Gasteiger partial charge on any atom is -0.451 e. The van der Waals surface area contributed by atoms with Crippen LogP contribution in [0.2, 0.25) is 5.02 Å². The first-order valence-electron chi connectivity index (χ1n) is 8.15. The molecule has 3 rings (SSSR count). The summed E-state index contributed by atoms with van der Waals surface area (Å²) in [5.41, 5.74) is 0.399. The largest absolute Gasteiger partial charge is 0.451 e. The van der Waals surface area contributed by atoms with E-state index < -0.39 is 15.8 Å². The molecule has 0 radical (unpaired) electrons. The third-order valence-corrected chi connectivity index (χ3v) is 4.33. The number of rotatable bonds is 5. The summed E-state index contributed by atoms with van der Waals surface area (Å²) in [5.74, 6) is -0.473. The quantitative estimate of drug-likeness (QED) is 0.330. The van der Waals surface area contributed by atoms with Crippen LogP contribution in [0.5, 0.6) is 0 Å². The topological polar surface area (TPSA) is 141 Å². The lowest BCUT2D eigenvalue weighted by Gasteiger charge is -2.10. The van der Waals surface area contributed by atoms with E-state index in [0.29, 0.717) is 5.56 Å². The van der Waals surface area contributed by atoms with Crippen LogP contribution < -0.4 is 10.6 Å². The first-order valence-corrected chi connectivity index (χ1v) is 8.94. The number of nitro benzene ring substituents is 2. The van der Waals surface area contributed by atoms with Crippen LogP contribution in [0.25, 0.3) is 11.3 Å². The number of benzene rings is 2. The second-order valence-electron chi connectivity index (χ2n) is 5.80. The number of nitrogens with zero attached hydrogens (tertiary/aromatic N) is 2. The van der Waals surface area contributed by atoms with Gasteiger partial charge in [0.2, 0.25) is 0 Å². The molecular formula is C18H11ClN4O6S. The van der Waals surface area contributed by atoms with Crippen molar-refractivity contribution in [2.75, 3.05) is 5.32 Å². The number of hydrogen-bond donors (Lipinski definition) is 2. The molecule has 0 saturated carbocycles. The van der Waals surface area contributed by atoms with Gasteiger partial charge in [-0.05, 0) is 30.4 Å². The van der Waals surface area contributed by atoms with Crippen LogP contribution in [0.3, 0.4) is 0 Å². The van der Waals surface area contributed by atoms with Crippen molar-refractivity contribution in [3.05, 3.63) is 85.6 Å². The number of carbonyl (C=O) groups is 1. The van der Waals surface area contributed by atoms with Gasteiger partial charge in [-0.1, -0.05) is 23.7 Å². The number of nitro groups is 2. The number of amides is 1. The smallest absolute Gasteiger partial charge is 0.293 e. The fourth-order valence-corrected chi connectivity index (χ4v) is 2.85. The Balaban J connectivity index is 1.68. The molecule has 1 aromatic heterocycles. The molecular weight excluding hydrogens is 436 g/mol. The van der Waals surface area contributed by atoms with Gasteiger partial charge in [-0.25, -0.2) is 0 Å². The number of hydrogen-bond acceptors (Lipinski definition) is 7. The van der Waals surface area contributed by atoms with Gasteiger partial charge in [-0.3, -0.25) is 30.3 Å². The van der Waals surface area contributed by atoms with Crippen molar-refractivity contribution in [1.29, 1.82) is 0 Å². The maximum absolute atomic E-state index is 12.3. The van der Waals surface area contributed by atoms with Gasteiger partial charge in [-0.15, -0.1) is 0 Å². The van der Waals surface area contributed by atoms with Crippen LogP contribution in [0.4, 0.5) is 17.1 Å². The van der Waals surface area contributed by atoms with Gasteiger partial charge in [0.25, 0.3) is 17.3 Å². The molecule has 0 aliphatic carbocycles. The standard InChI is InChI=1S/C18H11ClN4O6S/c19-13-9-12(23(27)28)4-5-14(13)20-18(30)21-17(24)16-7-6-15(29-16)10-2-1-3-11(8-10)22(25)26/h1-9H,(H2,20,21,24,30). The molecule has 1 amide bonds. The van der Waals surface area contributed by atoms with Gasteiger partial charge in [0, 0.05) is 29.8 Å². The second kappa shape index (κ2) is 8.68. The minimum absolute atomic E-state index is 0.0479. The summed E-state index contributed by atoms with van der Waals surface area (Å²) < 4.78 is 5.46. The molecule has 0 aliphatic heterocycles. The van der Waals surface area contributed by atoms with E-state index >= 15 is 0 Å². The van der Waals surface area contributed by atoms with Crippen LogP contribution in [0, 0.1) is 20.2 Å². The zero-order valence-corrected chi connectivity index (χ0v) is 16.4. The maximum atomic E-state index is 12.3. The molecule has 2 aromatic carbocycles. The van der Waals surface area contributed by atoms with Crippen LogP contribution in [-0.4, -0.2) is 20.9 Å². The highest BCUT2D eigenvalue weighted by atomic mass is 35.5. The summed E-state index contributed by atoms with van der Waals surface area (Å²) in [6.07, 6.45) is 0. The Morgan fingerprint density at radius 1 is 1.00 bits per heavy atom. The molecule has 0 saturated heterocycles. The van der Waals surface area contributed by atoms with Crippen molar-refractivity contribution in [2.24, 2.45) is 0 Å². The molecule has 12 heteroatoms. The third kappa shape index (κ3) is 4.77. The number of non-ortho nitro benzene ring substituents is 2. The summed E-state index contributed by atoms with van der Waals surface area (Å²) in [6, 6.07) is 12.4. The first kappa shape index (κ1) is 20.9. The predicted molar refractivity (Wildman–Crippen MR) is 113 cm³/mol. The Hall–Kier alpha value is -3.83. The highest BCUT2D eigenvalue weighted by molar-refractivity contribution is 7.80. The summed E-state index contributed by atoms with van der Waals surface area (Å²) in [4.78, 5) is 32.8. The van der Waals surface area contributed by atoms with Crippen molar-refractivity contribution in [3.63, 3.8) is 0 Å². The summed E-state index contributed by atoms with van der Waals surface area (Å²) in [5, 5.41) is 26.6. The highest BCUT2D eigenvalue weighted by Crippen LogP contribution is 2.27. The van der Waals surface area contributed by atoms with Gasteiger partial charge in [0.05, 0.1) is 20.6 Å². The van der Waals surface area contributed by atoms with Crippen LogP contribution >= 0.6 is 23.8 Å². The predicted octanol–water partition coefficient (Wildman–Crippen LogP) is 4.54. The molecule has 3 aromatic rings. The highest BCUT2D eigenvalue weighted by Gasteiger charge is 2.16. The molecule has 1 heterocycles. The Labute approximate surface area is 178 Å².